The summed E-state index contributed by atoms with van der Waals surface area (Å²) in [5.41, 5.74) is 2.98. The Kier molecular flexibility index (Phi) is 3.17. The second-order valence-electron chi connectivity index (χ2n) is 4.90. The van der Waals surface area contributed by atoms with Gasteiger partial charge in [0.25, 0.3) is 5.56 Å². The van der Waals surface area contributed by atoms with Gasteiger partial charge in [0.2, 0.25) is 0 Å². The van der Waals surface area contributed by atoms with Crippen LogP contribution in [0.2, 0.25) is 0 Å². The lowest BCUT2D eigenvalue weighted by molar-refractivity contribution is 0.746. The molecule has 0 bridgehead atoms. The van der Waals surface area contributed by atoms with Crippen LogP contribution in [0, 0.1) is 0 Å². The van der Waals surface area contributed by atoms with Crippen molar-refractivity contribution in [2.45, 2.75) is 13.3 Å². The van der Waals surface area contributed by atoms with Gasteiger partial charge in [-0.1, -0.05) is 6.92 Å². The third-order valence-corrected chi connectivity index (χ3v) is 3.24. The molecule has 108 valence electrons. The maximum absolute atomic E-state index is 11.9. The Morgan fingerprint density at radius 1 is 1.24 bits per heavy atom. The van der Waals surface area contributed by atoms with Crippen molar-refractivity contribution >= 4 is 0 Å². The van der Waals surface area contributed by atoms with Crippen molar-refractivity contribution in [3.8, 4) is 22.6 Å². The van der Waals surface area contributed by atoms with Gasteiger partial charge in [-0.3, -0.25) is 14.2 Å². The number of aromatic amines is 1. The molecule has 0 atom stereocenters. The molecule has 7 nitrogen and oxygen atoms in total. The van der Waals surface area contributed by atoms with Crippen LogP contribution in [-0.2, 0) is 20.5 Å². The van der Waals surface area contributed by atoms with Crippen LogP contribution in [0.5, 0.6) is 0 Å². The molecule has 3 rings (SSSR count). The highest BCUT2D eigenvalue weighted by Gasteiger charge is 2.13. The number of hydrogen-bond donors (Lipinski definition) is 1. The van der Waals surface area contributed by atoms with Gasteiger partial charge in [0.15, 0.2) is 0 Å². The SMILES string of the molecule is CCc1nn(C)cc1-c1nc(-c2cnn(C)c2)cc(=O)[nH]1. The molecule has 0 saturated heterocycles. The minimum absolute atomic E-state index is 0.190. The minimum Gasteiger partial charge on any atom is -0.306 e. The first-order chi connectivity index (χ1) is 10.1. The van der Waals surface area contributed by atoms with Gasteiger partial charge in [-0.05, 0) is 6.42 Å². The van der Waals surface area contributed by atoms with Crippen molar-refractivity contribution in [2.75, 3.05) is 0 Å². The summed E-state index contributed by atoms with van der Waals surface area (Å²) in [6.45, 7) is 2.02. The van der Waals surface area contributed by atoms with E-state index in [0.29, 0.717) is 11.5 Å². The molecule has 3 heterocycles. The largest absolute Gasteiger partial charge is 0.306 e. The zero-order chi connectivity index (χ0) is 15.0. The van der Waals surface area contributed by atoms with E-state index in [1.54, 1.807) is 15.6 Å². The summed E-state index contributed by atoms with van der Waals surface area (Å²) in [6.07, 6.45) is 6.16. The number of H-pyrrole nitrogens is 1. The Labute approximate surface area is 121 Å². The number of hydrogen-bond acceptors (Lipinski definition) is 4. The molecule has 21 heavy (non-hydrogen) atoms. The van der Waals surface area contributed by atoms with Gasteiger partial charge in [0.05, 0.1) is 23.1 Å². The molecule has 7 heteroatoms. The predicted octanol–water partition coefficient (Wildman–Crippen LogP) is 1.13. The summed E-state index contributed by atoms with van der Waals surface area (Å²) < 4.78 is 3.41. The fraction of sp³-hybridized carbons (Fsp3) is 0.286. The van der Waals surface area contributed by atoms with Crippen molar-refractivity contribution in [1.82, 2.24) is 29.5 Å². The topological polar surface area (TPSA) is 81.4 Å². The smallest absolute Gasteiger partial charge is 0.251 e. The molecule has 0 radical (unpaired) electrons. The summed E-state index contributed by atoms with van der Waals surface area (Å²) in [5, 5.41) is 8.49. The molecule has 1 N–H and O–H groups in total. The molecule has 0 unspecified atom stereocenters. The summed E-state index contributed by atoms with van der Waals surface area (Å²) in [6, 6.07) is 1.47. The van der Waals surface area contributed by atoms with E-state index >= 15 is 0 Å². The van der Waals surface area contributed by atoms with Gasteiger partial charge < -0.3 is 4.98 Å². The maximum atomic E-state index is 11.9. The number of rotatable bonds is 3. The molecule has 3 aromatic rings. The Balaban J connectivity index is 2.16. The Bertz CT molecular complexity index is 841. The third-order valence-electron chi connectivity index (χ3n) is 3.24. The van der Waals surface area contributed by atoms with Crippen molar-refractivity contribution in [3.63, 3.8) is 0 Å². The van der Waals surface area contributed by atoms with E-state index in [1.807, 2.05) is 33.4 Å². The fourth-order valence-corrected chi connectivity index (χ4v) is 2.28. The van der Waals surface area contributed by atoms with Crippen LogP contribution in [-0.4, -0.2) is 29.5 Å². The second kappa shape index (κ2) is 5.01. The van der Waals surface area contributed by atoms with Crippen molar-refractivity contribution in [2.24, 2.45) is 14.1 Å². The Morgan fingerprint density at radius 2 is 2.05 bits per heavy atom. The standard InChI is InChI=1S/C14H16N6O/c1-4-11-10(8-20(3)18-11)14-16-12(5-13(21)17-14)9-6-15-19(2)7-9/h5-8H,4H2,1-3H3,(H,16,17,21). The van der Waals surface area contributed by atoms with Gasteiger partial charge in [-0.25, -0.2) is 4.98 Å². The van der Waals surface area contributed by atoms with Crippen LogP contribution in [0.15, 0.2) is 29.5 Å². The molecule has 0 saturated carbocycles. The minimum atomic E-state index is -0.190. The molecular formula is C14H16N6O. The monoisotopic (exact) mass is 284 g/mol. The molecule has 0 aromatic carbocycles. The summed E-state index contributed by atoms with van der Waals surface area (Å²) in [4.78, 5) is 19.2. The van der Waals surface area contributed by atoms with Crippen molar-refractivity contribution < 1.29 is 0 Å². The van der Waals surface area contributed by atoms with Gasteiger partial charge in [0, 0.05) is 38.1 Å². The highest BCUT2D eigenvalue weighted by molar-refractivity contribution is 5.63. The summed E-state index contributed by atoms with van der Waals surface area (Å²) in [5.74, 6) is 0.534. The highest BCUT2D eigenvalue weighted by atomic mass is 16.1. The quantitative estimate of drug-likeness (QED) is 0.781. The van der Waals surface area contributed by atoms with Crippen LogP contribution in [0.4, 0.5) is 0 Å². The summed E-state index contributed by atoms with van der Waals surface area (Å²) >= 11 is 0. The first-order valence-corrected chi connectivity index (χ1v) is 6.70. The highest BCUT2D eigenvalue weighted by Crippen LogP contribution is 2.21. The lowest BCUT2D eigenvalue weighted by Gasteiger charge is -2.02. The van der Waals surface area contributed by atoms with Crippen LogP contribution in [0.3, 0.4) is 0 Å². The normalized spacial score (nSPS) is 11.0. The third kappa shape index (κ3) is 2.49. The summed E-state index contributed by atoms with van der Waals surface area (Å²) in [7, 11) is 3.68. The van der Waals surface area contributed by atoms with E-state index in [2.05, 4.69) is 20.2 Å². The molecule has 0 aliphatic rings. The fourth-order valence-electron chi connectivity index (χ4n) is 2.28. The zero-order valence-corrected chi connectivity index (χ0v) is 12.2. The van der Waals surface area contributed by atoms with E-state index in [0.717, 1.165) is 23.2 Å². The van der Waals surface area contributed by atoms with E-state index in [-0.39, 0.29) is 5.56 Å². The zero-order valence-electron chi connectivity index (χ0n) is 12.2. The van der Waals surface area contributed by atoms with E-state index in [9.17, 15) is 4.79 Å². The molecule has 0 aliphatic heterocycles. The molecule has 0 spiro atoms. The Morgan fingerprint density at radius 3 is 2.71 bits per heavy atom. The molecule has 3 aromatic heterocycles. The first-order valence-electron chi connectivity index (χ1n) is 6.70. The second-order valence-corrected chi connectivity index (χ2v) is 4.90. The van der Waals surface area contributed by atoms with Gasteiger partial charge in [-0.2, -0.15) is 10.2 Å². The molecular weight excluding hydrogens is 268 g/mol. The van der Waals surface area contributed by atoms with Gasteiger partial charge in [-0.15, -0.1) is 0 Å². The van der Waals surface area contributed by atoms with Crippen LogP contribution < -0.4 is 5.56 Å². The predicted molar refractivity (Wildman–Crippen MR) is 78.6 cm³/mol. The lowest BCUT2D eigenvalue weighted by atomic mass is 10.2. The van der Waals surface area contributed by atoms with Crippen molar-refractivity contribution in [3.05, 3.63) is 40.7 Å². The molecule has 0 amide bonds. The first kappa shape index (κ1) is 13.3. The van der Waals surface area contributed by atoms with Crippen LogP contribution in [0.25, 0.3) is 22.6 Å². The number of aryl methyl sites for hydroxylation is 3. The number of nitrogens with one attached hydrogen (secondary N) is 1. The van der Waals surface area contributed by atoms with Crippen LogP contribution >= 0.6 is 0 Å². The number of nitrogens with zero attached hydrogens (tertiary/aromatic N) is 5. The Hall–Kier alpha value is -2.70. The average Bonchev–Trinajstić information content (AvgIpc) is 3.04. The van der Waals surface area contributed by atoms with Crippen molar-refractivity contribution in [1.29, 1.82) is 0 Å². The lowest BCUT2D eigenvalue weighted by Crippen LogP contribution is -2.08. The van der Waals surface area contributed by atoms with Gasteiger partial charge >= 0.3 is 0 Å². The van der Waals surface area contributed by atoms with E-state index < -0.39 is 0 Å². The molecule has 0 aliphatic carbocycles. The van der Waals surface area contributed by atoms with E-state index in [4.69, 9.17) is 0 Å². The van der Waals surface area contributed by atoms with E-state index in [1.165, 1.54) is 6.07 Å². The van der Waals surface area contributed by atoms with Gasteiger partial charge in [0.1, 0.15) is 5.82 Å². The average molecular weight is 284 g/mol. The maximum Gasteiger partial charge on any atom is 0.251 e. The number of aromatic nitrogens is 6. The molecule has 0 fully saturated rings. The van der Waals surface area contributed by atoms with Crippen LogP contribution in [0.1, 0.15) is 12.6 Å².